The Balaban J connectivity index is 1.44. The fourth-order valence-electron chi connectivity index (χ4n) is 3.63. The zero-order chi connectivity index (χ0) is 21.3. The number of benzene rings is 2. The highest BCUT2D eigenvalue weighted by Crippen LogP contribution is 2.29. The number of nitrogens with one attached hydrogen (secondary N) is 1. The first-order valence-electron chi connectivity index (χ1n) is 9.76. The molecule has 0 aromatic heterocycles. The number of amides is 3. The predicted octanol–water partition coefficient (Wildman–Crippen LogP) is 2.34. The van der Waals surface area contributed by atoms with Crippen molar-refractivity contribution in [1.82, 2.24) is 0 Å². The molecule has 0 unspecified atom stereocenters. The summed E-state index contributed by atoms with van der Waals surface area (Å²) in [6, 6.07) is 13.5. The van der Waals surface area contributed by atoms with Crippen molar-refractivity contribution >= 4 is 40.8 Å². The van der Waals surface area contributed by atoms with E-state index in [1.54, 1.807) is 53.4 Å². The number of esters is 1. The molecule has 0 radical (unpaired) electrons. The van der Waals surface area contributed by atoms with E-state index in [4.69, 9.17) is 4.74 Å². The number of rotatable bonds is 4. The van der Waals surface area contributed by atoms with Crippen molar-refractivity contribution in [2.24, 2.45) is 0 Å². The highest BCUT2D eigenvalue weighted by atomic mass is 16.5. The maximum absolute atomic E-state index is 12.9. The number of carbonyl (C=O) groups excluding carboxylic acids is 4. The van der Waals surface area contributed by atoms with Gasteiger partial charge in [0.1, 0.15) is 6.54 Å². The summed E-state index contributed by atoms with van der Waals surface area (Å²) in [6.45, 7) is 2.00. The average molecular weight is 407 g/mol. The molecule has 2 heterocycles. The Bertz CT molecular complexity index is 1020. The molecule has 2 aromatic rings. The van der Waals surface area contributed by atoms with Gasteiger partial charge in [-0.15, -0.1) is 0 Å². The molecule has 3 amide bonds. The third kappa shape index (κ3) is 3.76. The van der Waals surface area contributed by atoms with Crippen molar-refractivity contribution in [2.75, 3.05) is 28.2 Å². The minimum absolute atomic E-state index is 0.0652. The normalized spacial score (nSPS) is 16.7. The van der Waals surface area contributed by atoms with Crippen LogP contribution in [0.3, 0.4) is 0 Å². The van der Waals surface area contributed by atoms with Crippen molar-refractivity contribution in [2.45, 2.75) is 25.9 Å². The molecule has 2 aliphatic rings. The number of para-hydroxylation sites is 2. The molecule has 0 aliphatic carbocycles. The van der Waals surface area contributed by atoms with Gasteiger partial charge in [-0.25, -0.2) is 4.79 Å². The lowest BCUT2D eigenvalue weighted by Crippen LogP contribution is -2.47. The predicted molar refractivity (Wildman–Crippen MR) is 110 cm³/mol. The molecule has 1 saturated heterocycles. The van der Waals surface area contributed by atoms with Gasteiger partial charge in [0.05, 0.1) is 16.9 Å². The van der Waals surface area contributed by atoms with E-state index in [9.17, 15) is 19.2 Å². The van der Waals surface area contributed by atoms with Gasteiger partial charge in [-0.3, -0.25) is 19.3 Å². The van der Waals surface area contributed by atoms with Gasteiger partial charge in [0.25, 0.3) is 5.91 Å². The molecule has 8 heteroatoms. The molecule has 30 heavy (non-hydrogen) atoms. The fourth-order valence-corrected chi connectivity index (χ4v) is 3.63. The quantitative estimate of drug-likeness (QED) is 0.785. The van der Waals surface area contributed by atoms with Gasteiger partial charge >= 0.3 is 5.97 Å². The van der Waals surface area contributed by atoms with E-state index in [2.05, 4.69) is 5.32 Å². The lowest BCUT2D eigenvalue weighted by atomic mass is 10.1. The molecule has 1 atom stereocenters. The number of hydrogen-bond acceptors (Lipinski definition) is 5. The van der Waals surface area contributed by atoms with Gasteiger partial charge in [-0.05, 0) is 49.7 Å². The Labute approximate surface area is 173 Å². The highest BCUT2D eigenvalue weighted by molar-refractivity contribution is 6.11. The molecular formula is C22H21N3O5. The van der Waals surface area contributed by atoms with E-state index in [0.29, 0.717) is 24.3 Å². The van der Waals surface area contributed by atoms with Gasteiger partial charge in [-0.2, -0.15) is 0 Å². The van der Waals surface area contributed by atoms with Gasteiger partial charge in [0.15, 0.2) is 6.10 Å². The molecule has 8 nitrogen and oxygen atoms in total. The Kier molecular flexibility index (Phi) is 5.22. The second kappa shape index (κ2) is 7.98. The highest BCUT2D eigenvalue weighted by Gasteiger charge is 2.31. The van der Waals surface area contributed by atoms with Crippen LogP contribution >= 0.6 is 0 Å². The Morgan fingerprint density at radius 1 is 1.07 bits per heavy atom. The number of nitrogens with zero attached hydrogens (tertiary/aromatic N) is 2. The molecule has 0 bridgehead atoms. The number of anilines is 3. The molecule has 1 N–H and O–H groups in total. The SMILES string of the molecule is C[C@H](OC(=O)c1ccc(N2CCCC2=O)cc1)C(=O)N1CC(=O)Nc2ccccc21. The minimum atomic E-state index is -1.07. The average Bonchev–Trinajstić information content (AvgIpc) is 3.18. The molecular weight excluding hydrogens is 386 g/mol. The number of hydrogen-bond donors (Lipinski definition) is 1. The van der Waals surface area contributed by atoms with Crippen LogP contribution < -0.4 is 15.1 Å². The summed E-state index contributed by atoms with van der Waals surface area (Å²) in [5, 5.41) is 2.71. The second-order valence-corrected chi connectivity index (χ2v) is 7.23. The van der Waals surface area contributed by atoms with E-state index in [1.807, 2.05) is 0 Å². The number of carbonyl (C=O) groups is 4. The van der Waals surface area contributed by atoms with Crippen LogP contribution in [-0.2, 0) is 19.1 Å². The summed E-state index contributed by atoms with van der Waals surface area (Å²) in [5.41, 5.74) is 2.10. The molecule has 1 fully saturated rings. The molecule has 154 valence electrons. The van der Waals surface area contributed by atoms with Crippen molar-refractivity contribution in [1.29, 1.82) is 0 Å². The Morgan fingerprint density at radius 3 is 2.50 bits per heavy atom. The van der Waals surface area contributed by atoms with Crippen LogP contribution in [0.2, 0.25) is 0 Å². The van der Waals surface area contributed by atoms with Gasteiger partial charge < -0.3 is 15.0 Å². The minimum Gasteiger partial charge on any atom is -0.449 e. The van der Waals surface area contributed by atoms with Crippen LogP contribution in [0.5, 0.6) is 0 Å². The van der Waals surface area contributed by atoms with E-state index in [-0.39, 0.29) is 23.9 Å². The Hall–Kier alpha value is -3.68. The van der Waals surface area contributed by atoms with Crippen LogP contribution in [0, 0.1) is 0 Å². The maximum Gasteiger partial charge on any atom is 0.338 e. The first-order chi connectivity index (χ1) is 14.4. The molecule has 0 saturated carbocycles. The second-order valence-electron chi connectivity index (χ2n) is 7.23. The Morgan fingerprint density at radius 2 is 1.80 bits per heavy atom. The standard InChI is InChI=1S/C22H21N3O5/c1-14(21(28)25-13-19(26)23-17-5-2-3-6-18(17)25)30-22(29)15-8-10-16(11-9-15)24-12-4-7-20(24)27/h2-3,5-6,8-11,14H,4,7,12-13H2,1H3,(H,23,26)/t14-/m0/s1. The molecule has 2 aromatic carbocycles. The lowest BCUT2D eigenvalue weighted by molar-refractivity contribution is -0.128. The third-order valence-electron chi connectivity index (χ3n) is 5.16. The van der Waals surface area contributed by atoms with Gasteiger partial charge in [0, 0.05) is 18.7 Å². The zero-order valence-electron chi connectivity index (χ0n) is 16.5. The molecule has 2 aliphatic heterocycles. The summed E-state index contributed by atoms with van der Waals surface area (Å²) in [5.74, 6) is -1.38. The van der Waals surface area contributed by atoms with Crippen LogP contribution in [0.25, 0.3) is 0 Å². The van der Waals surface area contributed by atoms with Crippen LogP contribution in [0.15, 0.2) is 48.5 Å². The summed E-state index contributed by atoms with van der Waals surface area (Å²) in [7, 11) is 0. The van der Waals surface area contributed by atoms with Crippen LogP contribution in [0.4, 0.5) is 17.1 Å². The summed E-state index contributed by atoms with van der Waals surface area (Å²) < 4.78 is 5.35. The summed E-state index contributed by atoms with van der Waals surface area (Å²) in [4.78, 5) is 52.1. The fraction of sp³-hybridized carbons (Fsp3) is 0.273. The van der Waals surface area contributed by atoms with Gasteiger partial charge in [0.2, 0.25) is 11.8 Å². The molecule has 0 spiro atoms. The summed E-state index contributed by atoms with van der Waals surface area (Å²) >= 11 is 0. The summed E-state index contributed by atoms with van der Waals surface area (Å²) in [6.07, 6.45) is 0.275. The largest absolute Gasteiger partial charge is 0.449 e. The number of ether oxygens (including phenoxy) is 1. The third-order valence-corrected chi connectivity index (χ3v) is 5.16. The lowest BCUT2D eigenvalue weighted by Gasteiger charge is -2.30. The first-order valence-corrected chi connectivity index (χ1v) is 9.76. The number of fused-ring (bicyclic) bond motifs is 1. The van der Waals surface area contributed by atoms with Crippen molar-refractivity contribution in [3.05, 3.63) is 54.1 Å². The monoisotopic (exact) mass is 407 g/mol. The van der Waals surface area contributed by atoms with Crippen molar-refractivity contribution < 1.29 is 23.9 Å². The van der Waals surface area contributed by atoms with Gasteiger partial charge in [-0.1, -0.05) is 12.1 Å². The molecule has 4 rings (SSSR count). The van der Waals surface area contributed by atoms with E-state index >= 15 is 0 Å². The van der Waals surface area contributed by atoms with E-state index in [0.717, 1.165) is 12.1 Å². The van der Waals surface area contributed by atoms with E-state index < -0.39 is 18.0 Å². The van der Waals surface area contributed by atoms with Crippen molar-refractivity contribution in [3.8, 4) is 0 Å². The maximum atomic E-state index is 12.9. The van der Waals surface area contributed by atoms with Crippen LogP contribution in [-0.4, -0.2) is 42.9 Å². The smallest absolute Gasteiger partial charge is 0.338 e. The van der Waals surface area contributed by atoms with E-state index in [1.165, 1.54) is 11.8 Å². The van der Waals surface area contributed by atoms with Crippen LogP contribution in [0.1, 0.15) is 30.1 Å². The topological polar surface area (TPSA) is 96.0 Å². The zero-order valence-corrected chi connectivity index (χ0v) is 16.5. The van der Waals surface area contributed by atoms with Crippen molar-refractivity contribution in [3.63, 3.8) is 0 Å². The first kappa shape index (κ1) is 19.6.